The molecule has 3 rings (SSSR count). The Bertz CT molecular complexity index is 566. The van der Waals surface area contributed by atoms with Crippen molar-refractivity contribution in [3.05, 3.63) is 35.1 Å². The van der Waals surface area contributed by atoms with Crippen LogP contribution in [0.1, 0.15) is 24.6 Å². The molecule has 1 saturated carbocycles. The molecule has 0 radical (unpaired) electrons. The summed E-state index contributed by atoms with van der Waals surface area (Å²) in [5.74, 6) is 2.13. The Labute approximate surface area is 104 Å². The highest BCUT2D eigenvalue weighted by Gasteiger charge is 2.27. The van der Waals surface area contributed by atoms with E-state index in [1.54, 1.807) is 0 Å². The molecule has 0 bridgehead atoms. The van der Waals surface area contributed by atoms with Crippen LogP contribution in [0.25, 0.3) is 11.4 Å². The van der Waals surface area contributed by atoms with Gasteiger partial charge in [0.25, 0.3) is 0 Å². The third-order valence-electron chi connectivity index (χ3n) is 2.70. The van der Waals surface area contributed by atoms with E-state index >= 15 is 0 Å². The van der Waals surface area contributed by atoms with Crippen LogP contribution in [-0.2, 0) is 0 Å². The van der Waals surface area contributed by atoms with Gasteiger partial charge in [-0.15, -0.1) is 0 Å². The van der Waals surface area contributed by atoms with E-state index in [9.17, 15) is 0 Å². The Balaban J connectivity index is 2.07. The van der Waals surface area contributed by atoms with Crippen molar-refractivity contribution in [1.29, 1.82) is 0 Å². The van der Waals surface area contributed by atoms with Crippen LogP contribution >= 0.6 is 11.6 Å². The number of anilines is 1. The van der Waals surface area contributed by atoms with Crippen molar-refractivity contribution in [2.24, 2.45) is 0 Å². The highest BCUT2D eigenvalue weighted by molar-refractivity contribution is 6.30. The lowest BCUT2D eigenvalue weighted by Gasteiger charge is -2.04. The van der Waals surface area contributed by atoms with Crippen LogP contribution in [0.5, 0.6) is 0 Å². The first-order valence-electron chi connectivity index (χ1n) is 5.50. The molecule has 1 aliphatic rings. The molecule has 0 atom stereocenters. The summed E-state index contributed by atoms with van der Waals surface area (Å²) in [5.41, 5.74) is 6.57. The van der Waals surface area contributed by atoms with Crippen molar-refractivity contribution in [3.63, 3.8) is 0 Å². The van der Waals surface area contributed by atoms with Crippen LogP contribution in [0.4, 0.5) is 5.95 Å². The van der Waals surface area contributed by atoms with Crippen molar-refractivity contribution >= 4 is 17.5 Å². The van der Waals surface area contributed by atoms with Gasteiger partial charge in [-0.05, 0) is 25.0 Å². The summed E-state index contributed by atoms with van der Waals surface area (Å²) < 4.78 is 0. The average molecular weight is 247 g/mol. The van der Waals surface area contributed by atoms with Gasteiger partial charge in [-0.3, -0.25) is 0 Å². The van der Waals surface area contributed by atoms with E-state index in [0.717, 1.165) is 24.2 Å². The van der Waals surface area contributed by atoms with E-state index in [0.29, 0.717) is 16.8 Å². The van der Waals surface area contributed by atoms with Crippen LogP contribution in [0.15, 0.2) is 24.3 Å². The minimum absolute atomic E-state index is 0.275. The summed E-state index contributed by atoms with van der Waals surface area (Å²) in [5, 5.41) is 0.662. The predicted molar refractivity (Wildman–Crippen MR) is 66.7 cm³/mol. The molecule has 1 heterocycles. The van der Waals surface area contributed by atoms with Crippen molar-refractivity contribution in [2.45, 2.75) is 18.8 Å². The van der Waals surface area contributed by atoms with Gasteiger partial charge in [0.05, 0.1) is 0 Å². The van der Waals surface area contributed by atoms with E-state index < -0.39 is 0 Å². The van der Waals surface area contributed by atoms with E-state index in [4.69, 9.17) is 17.3 Å². The fourth-order valence-corrected chi connectivity index (χ4v) is 1.88. The maximum absolute atomic E-state index is 5.95. The minimum atomic E-state index is 0.275. The first-order valence-corrected chi connectivity index (χ1v) is 5.87. The van der Waals surface area contributed by atoms with Crippen LogP contribution in [0.2, 0.25) is 5.02 Å². The Morgan fingerprint density at radius 1 is 1.18 bits per heavy atom. The van der Waals surface area contributed by atoms with Crippen molar-refractivity contribution in [1.82, 2.24) is 15.0 Å². The number of nitrogens with two attached hydrogens (primary N) is 1. The number of hydrogen-bond acceptors (Lipinski definition) is 4. The minimum Gasteiger partial charge on any atom is -0.368 e. The van der Waals surface area contributed by atoms with Gasteiger partial charge in [-0.25, -0.2) is 4.98 Å². The number of rotatable bonds is 2. The largest absolute Gasteiger partial charge is 0.368 e. The lowest BCUT2D eigenvalue weighted by atomic mass is 10.2. The van der Waals surface area contributed by atoms with Crippen LogP contribution in [0, 0.1) is 0 Å². The van der Waals surface area contributed by atoms with Crippen molar-refractivity contribution in [2.75, 3.05) is 5.73 Å². The van der Waals surface area contributed by atoms with E-state index in [2.05, 4.69) is 15.0 Å². The van der Waals surface area contributed by atoms with Gasteiger partial charge in [0.1, 0.15) is 5.82 Å². The molecule has 1 aromatic heterocycles. The van der Waals surface area contributed by atoms with Crippen LogP contribution in [0.3, 0.4) is 0 Å². The van der Waals surface area contributed by atoms with Crippen LogP contribution < -0.4 is 5.73 Å². The zero-order valence-electron chi connectivity index (χ0n) is 9.10. The second-order valence-corrected chi connectivity index (χ2v) is 4.60. The fraction of sp³-hybridized carbons (Fsp3) is 0.250. The van der Waals surface area contributed by atoms with E-state index in [1.165, 1.54) is 0 Å². The summed E-state index contributed by atoms with van der Waals surface area (Å²) in [6.45, 7) is 0. The first-order chi connectivity index (χ1) is 8.22. The molecule has 1 fully saturated rings. The Hall–Kier alpha value is -1.68. The smallest absolute Gasteiger partial charge is 0.223 e. The second kappa shape index (κ2) is 3.96. The Kier molecular flexibility index (Phi) is 2.44. The third kappa shape index (κ3) is 2.22. The summed E-state index contributed by atoms with van der Waals surface area (Å²) in [7, 11) is 0. The lowest BCUT2D eigenvalue weighted by molar-refractivity contribution is 0.902. The number of benzene rings is 1. The summed E-state index contributed by atoms with van der Waals surface area (Å²) >= 11 is 5.95. The van der Waals surface area contributed by atoms with Gasteiger partial charge in [-0.2, -0.15) is 9.97 Å². The molecule has 0 amide bonds. The number of nitrogens with zero attached hydrogens (tertiary/aromatic N) is 3. The molecule has 0 saturated heterocycles. The quantitative estimate of drug-likeness (QED) is 0.885. The predicted octanol–water partition coefficient (Wildman–Crippen LogP) is 2.65. The van der Waals surface area contributed by atoms with E-state index in [-0.39, 0.29) is 5.95 Å². The number of halogens is 1. The Morgan fingerprint density at radius 2 is 2.00 bits per heavy atom. The van der Waals surface area contributed by atoms with Gasteiger partial charge in [0, 0.05) is 16.5 Å². The number of nitrogen functional groups attached to an aromatic ring is 1. The third-order valence-corrected chi connectivity index (χ3v) is 2.93. The number of hydrogen-bond donors (Lipinski definition) is 1. The maximum Gasteiger partial charge on any atom is 0.223 e. The molecule has 1 aromatic carbocycles. The second-order valence-electron chi connectivity index (χ2n) is 4.16. The molecule has 1 aliphatic carbocycles. The van der Waals surface area contributed by atoms with Crippen LogP contribution in [-0.4, -0.2) is 15.0 Å². The maximum atomic E-state index is 5.95. The molecular weight excluding hydrogens is 236 g/mol. The zero-order valence-corrected chi connectivity index (χ0v) is 9.85. The molecule has 86 valence electrons. The fourth-order valence-electron chi connectivity index (χ4n) is 1.69. The summed E-state index contributed by atoms with van der Waals surface area (Å²) in [6.07, 6.45) is 2.27. The first kappa shape index (κ1) is 10.5. The monoisotopic (exact) mass is 246 g/mol. The zero-order chi connectivity index (χ0) is 11.8. The van der Waals surface area contributed by atoms with Gasteiger partial charge in [-0.1, -0.05) is 23.7 Å². The molecule has 17 heavy (non-hydrogen) atoms. The van der Waals surface area contributed by atoms with Gasteiger partial charge >= 0.3 is 0 Å². The molecule has 5 heteroatoms. The molecule has 0 aliphatic heterocycles. The normalized spacial score (nSPS) is 14.9. The summed E-state index contributed by atoms with van der Waals surface area (Å²) in [6, 6.07) is 7.43. The molecule has 2 aromatic rings. The number of aromatic nitrogens is 3. The van der Waals surface area contributed by atoms with Gasteiger partial charge < -0.3 is 5.73 Å². The molecule has 0 spiro atoms. The van der Waals surface area contributed by atoms with Crippen molar-refractivity contribution < 1.29 is 0 Å². The van der Waals surface area contributed by atoms with E-state index in [1.807, 2.05) is 24.3 Å². The average Bonchev–Trinajstić information content (AvgIpc) is 3.12. The topological polar surface area (TPSA) is 64.7 Å². The lowest BCUT2D eigenvalue weighted by Crippen LogP contribution is -2.04. The summed E-state index contributed by atoms with van der Waals surface area (Å²) in [4.78, 5) is 12.8. The Morgan fingerprint density at radius 3 is 2.71 bits per heavy atom. The highest BCUT2D eigenvalue weighted by atomic mass is 35.5. The molecule has 0 unspecified atom stereocenters. The molecule has 2 N–H and O–H groups in total. The molecule has 4 nitrogen and oxygen atoms in total. The van der Waals surface area contributed by atoms with Gasteiger partial charge in [0.2, 0.25) is 5.95 Å². The van der Waals surface area contributed by atoms with Crippen molar-refractivity contribution in [3.8, 4) is 11.4 Å². The molecular formula is C12H11ClN4. The van der Waals surface area contributed by atoms with Gasteiger partial charge in [0.15, 0.2) is 5.82 Å². The highest BCUT2D eigenvalue weighted by Crippen LogP contribution is 2.38. The standard InChI is InChI=1S/C12H11ClN4/c13-9-3-1-2-8(6-9)11-15-10(7-4-5-7)16-12(14)17-11/h1-3,6-7H,4-5H2,(H2,14,15,16,17). The SMILES string of the molecule is Nc1nc(-c2cccc(Cl)c2)nc(C2CC2)n1.